The molecule has 0 fully saturated rings. The van der Waals surface area contributed by atoms with Gasteiger partial charge in [0.1, 0.15) is 12.4 Å². The van der Waals surface area contributed by atoms with Crippen LogP contribution in [-0.4, -0.2) is 42.0 Å². The molecule has 1 aliphatic rings. The van der Waals surface area contributed by atoms with Crippen molar-refractivity contribution in [3.63, 3.8) is 0 Å². The van der Waals surface area contributed by atoms with Crippen molar-refractivity contribution in [3.05, 3.63) is 76.6 Å². The number of carbonyl (C=O) groups is 2. The number of aryl methyl sites for hydroxylation is 1. The molecule has 32 heavy (non-hydrogen) atoms. The Bertz CT molecular complexity index is 1020. The Balaban J connectivity index is 1.88. The van der Waals surface area contributed by atoms with Crippen molar-refractivity contribution in [3.8, 4) is 5.75 Å². The third-order valence-corrected chi connectivity index (χ3v) is 5.62. The molecule has 0 aliphatic carbocycles. The number of benzene rings is 2. The molecule has 0 radical (unpaired) electrons. The van der Waals surface area contributed by atoms with Crippen LogP contribution < -0.4 is 4.74 Å². The molecular weight excluding hydrogens is 406 g/mol. The number of nitrogens with zero attached hydrogens (tertiary/aromatic N) is 1. The highest BCUT2D eigenvalue weighted by molar-refractivity contribution is 6.10. The monoisotopic (exact) mass is 437 g/mol. The molecule has 0 spiro atoms. The van der Waals surface area contributed by atoms with E-state index in [1.54, 1.807) is 27.9 Å². The lowest BCUT2D eigenvalue weighted by atomic mass is 9.82. The van der Waals surface area contributed by atoms with E-state index in [-0.39, 0.29) is 17.9 Å². The zero-order valence-corrected chi connectivity index (χ0v) is 19.3. The molecule has 6 nitrogen and oxygen atoms in total. The van der Waals surface area contributed by atoms with E-state index < -0.39 is 23.1 Å². The average molecular weight is 438 g/mol. The number of aliphatic hydroxyl groups is 1. The normalized spacial score (nSPS) is 16.6. The van der Waals surface area contributed by atoms with Gasteiger partial charge < -0.3 is 19.5 Å². The fraction of sp³-hybridized carbons (Fsp3) is 0.385. The maximum absolute atomic E-state index is 13.1. The molecule has 3 rings (SSSR count). The molecule has 1 atom stereocenters. The second-order valence-corrected chi connectivity index (χ2v) is 9.02. The van der Waals surface area contributed by atoms with E-state index in [4.69, 9.17) is 9.47 Å². The number of rotatable bonds is 8. The number of ketones is 1. The van der Waals surface area contributed by atoms with Gasteiger partial charge in [-0.1, -0.05) is 57.2 Å². The summed E-state index contributed by atoms with van der Waals surface area (Å²) in [6.07, 6.45) is 0. The summed E-state index contributed by atoms with van der Waals surface area (Å²) in [5, 5.41) is 10.6. The maximum atomic E-state index is 13.1. The minimum atomic E-state index is -0.740. The van der Waals surface area contributed by atoms with Crippen LogP contribution in [0.1, 0.15) is 43.5 Å². The van der Waals surface area contributed by atoms with Gasteiger partial charge in [-0.05, 0) is 35.7 Å². The van der Waals surface area contributed by atoms with Crippen LogP contribution in [0.4, 0.5) is 0 Å². The summed E-state index contributed by atoms with van der Waals surface area (Å²) >= 11 is 0. The Labute approximate surface area is 189 Å². The van der Waals surface area contributed by atoms with Gasteiger partial charge in [-0.2, -0.15) is 0 Å². The molecule has 1 aliphatic heterocycles. The molecule has 1 amide bonds. The lowest BCUT2D eigenvalue weighted by molar-refractivity contribution is -0.130. The van der Waals surface area contributed by atoms with Crippen LogP contribution in [-0.2, 0) is 20.9 Å². The number of hydrogen-bond acceptors (Lipinski definition) is 5. The lowest BCUT2D eigenvalue weighted by Gasteiger charge is -2.28. The van der Waals surface area contributed by atoms with Gasteiger partial charge >= 0.3 is 0 Å². The molecule has 2 aromatic carbocycles. The van der Waals surface area contributed by atoms with Gasteiger partial charge in [0.2, 0.25) is 0 Å². The third kappa shape index (κ3) is 4.86. The highest BCUT2D eigenvalue weighted by atomic mass is 16.5. The van der Waals surface area contributed by atoms with E-state index >= 15 is 0 Å². The lowest BCUT2D eigenvalue weighted by Crippen LogP contribution is -2.35. The van der Waals surface area contributed by atoms with Crippen LogP contribution in [0, 0.1) is 12.3 Å². The minimum Gasteiger partial charge on any atom is -0.503 e. The summed E-state index contributed by atoms with van der Waals surface area (Å²) in [4.78, 5) is 27.4. The van der Waals surface area contributed by atoms with Gasteiger partial charge in [-0.25, -0.2) is 0 Å². The molecule has 0 bridgehead atoms. The molecule has 170 valence electrons. The van der Waals surface area contributed by atoms with Crippen molar-refractivity contribution in [1.82, 2.24) is 4.90 Å². The van der Waals surface area contributed by atoms with E-state index in [0.29, 0.717) is 19.0 Å². The third-order valence-electron chi connectivity index (χ3n) is 5.62. The highest BCUT2D eigenvalue weighted by Crippen LogP contribution is 2.41. The van der Waals surface area contributed by atoms with Crippen LogP contribution in [0.2, 0.25) is 0 Å². The van der Waals surface area contributed by atoms with Crippen LogP contribution in [0.3, 0.4) is 0 Å². The maximum Gasteiger partial charge on any atom is 0.290 e. The predicted molar refractivity (Wildman–Crippen MR) is 122 cm³/mol. The SMILES string of the molecule is COCCN1C(=O)C(O)=C(C(=O)C(C)(C)C)C1c1ccc(OCc2ccccc2C)cc1. The quantitative estimate of drug-likeness (QED) is 0.657. The van der Waals surface area contributed by atoms with Crippen LogP contribution in [0.25, 0.3) is 0 Å². The zero-order valence-electron chi connectivity index (χ0n) is 19.3. The molecule has 1 unspecified atom stereocenters. The van der Waals surface area contributed by atoms with E-state index in [1.807, 2.05) is 55.5 Å². The van der Waals surface area contributed by atoms with Crippen molar-refractivity contribution in [2.45, 2.75) is 40.3 Å². The van der Waals surface area contributed by atoms with E-state index in [2.05, 4.69) is 0 Å². The van der Waals surface area contributed by atoms with Crippen LogP contribution in [0.5, 0.6) is 5.75 Å². The predicted octanol–water partition coefficient (Wildman–Crippen LogP) is 4.53. The first-order chi connectivity index (χ1) is 15.1. The Morgan fingerprint density at radius 2 is 1.75 bits per heavy atom. The van der Waals surface area contributed by atoms with Crippen LogP contribution >= 0.6 is 0 Å². The van der Waals surface area contributed by atoms with Crippen molar-refractivity contribution < 1.29 is 24.2 Å². The Morgan fingerprint density at radius 1 is 1.09 bits per heavy atom. The topological polar surface area (TPSA) is 76.1 Å². The molecule has 6 heteroatoms. The molecule has 1 heterocycles. The van der Waals surface area contributed by atoms with Gasteiger partial charge in [-0.15, -0.1) is 0 Å². The second kappa shape index (κ2) is 9.57. The first-order valence-electron chi connectivity index (χ1n) is 10.7. The summed E-state index contributed by atoms with van der Waals surface area (Å²) in [6, 6.07) is 14.7. The molecule has 0 aromatic heterocycles. The first-order valence-corrected chi connectivity index (χ1v) is 10.7. The molecule has 2 aromatic rings. The average Bonchev–Trinajstić information content (AvgIpc) is 3.01. The number of aliphatic hydroxyl groups excluding tert-OH is 1. The molecular formula is C26H31NO5. The summed E-state index contributed by atoms with van der Waals surface area (Å²) in [7, 11) is 1.55. The number of amides is 1. The van der Waals surface area contributed by atoms with E-state index in [0.717, 1.165) is 16.7 Å². The zero-order chi connectivity index (χ0) is 23.5. The minimum absolute atomic E-state index is 0.132. The summed E-state index contributed by atoms with van der Waals surface area (Å²) < 4.78 is 11.1. The standard InChI is InChI=1S/C26H31NO5/c1-17-8-6-7-9-19(17)16-32-20-12-10-18(11-13-20)22-21(24(29)26(2,3)4)23(28)25(30)27(22)14-15-31-5/h6-13,22,28H,14-16H2,1-5H3. The summed E-state index contributed by atoms with van der Waals surface area (Å²) in [5.41, 5.74) is 2.39. The summed E-state index contributed by atoms with van der Waals surface area (Å²) in [6.45, 7) is 8.37. The number of ether oxygens (including phenoxy) is 2. The molecule has 1 N–H and O–H groups in total. The molecule has 0 saturated carbocycles. The van der Waals surface area contributed by atoms with E-state index in [1.165, 1.54) is 4.90 Å². The number of hydrogen-bond donors (Lipinski definition) is 1. The van der Waals surface area contributed by atoms with Crippen molar-refractivity contribution in [2.24, 2.45) is 5.41 Å². The second-order valence-electron chi connectivity index (χ2n) is 9.02. The van der Waals surface area contributed by atoms with Gasteiger partial charge in [0.25, 0.3) is 5.91 Å². The van der Waals surface area contributed by atoms with Gasteiger partial charge in [0.05, 0.1) is 18.2 Å². The smallest absolute Gasteiger partial charge is 0.290 e. The van der Waals surface area contributed by atoms with E-state index in [9.17, 15) is 14.7 Å². The van der Waals surface area contributed by atoms with Crippen molar-refractivity contribution in [1.29, 1.82) is 0 Å². The van der Waals surface area contributed by atoms with Gasteiger partial charge in [-0.3, -0.25) is 9.59 Å². The summed E-state index contributed by atoms with van der Waals surface area (Å²) in [5.74, 6) is -0.611. The fourth-order valence-electron chi connectivity index (χ4n) is 3.74. The van der Waals surface area contributed by atoms with Gasteiger partial charge in [0.15, 0.2) is 11.5 Å². The van der Waals surface area contributed by atoms with Gasteiger partial charge in [0, 0.05) is 19.1 Å². The first kappa shape index (κ1) is 23.5. The largest absolute Gasteiger partial charge is 0.503 e. The fourth-order valence-corrected chi connectivity index (χ4v) is 3.74. The Kier molecular flexibility index (Phi) is 7.04. The Morgan fingerprint density at radius 3 is 2.34 bits per heavy atom. The molecule has 0 saturated heterocycles. The van der Waals surface area contributed by atoms with Crippen LogP contribution in [0.15, 0.2) is 59.9 Å². The highest BCUT2D eigenvalue weighted by Gasteiger charge is 2.45. The number of carbonyl (C=O) groups excluding carboxylic acids is 2. The number of methoxy groups -OCH3 is 1. The van der Waals surface area contributed by atoms with Crippen molar-refractivity contribution >= 4 is 11.7 Å². The number of Topliss-reactive ketones (excluding diaryl/α,β-unsaturated/α-hetero) is 1. The van der Waals surface area contributed by atoms with Crippen molar-refractivity contribution in [2.75, 3.05) is 20.3 Å². The Hall–Kier alpha value is -3.12.